The van der Waals surface area contributed by atoms with E-state index < -0.39 is 16.0 Å². The van der Waals surface area contributed by atoms with Gasteiger partial charge in [-0.25, -0.2) is 13.2 Å². The molecule has 6 nitrogen and oxygen atoms in total. The molecule has 0 aliphatic carbocycles. The van der Waals surface area contributed by atoms with Crippen LogP contribution in [0.1, 0.15) is 10.4 Å². The van der Waals surface area contributed by atoms with Crippen LogP contribution in [0.3, 0.4) is 0 Å². The number of nitrogens with zero attached hydrogens (tertiary/aromatic N) is 1. The van der Waals surface area contributed by atoms with Crippen LogP contribution in [0.4, 0.5) is 5.69 Å². The Morgan fingerprint density at radius 2 is 1.95 bits per heavy atom. The zero-order chi connectivity index (χ0) is 15.6. The van der Waals surface area contributed by atoms with Crippen molar-refractivity contribution in [1.82, 2.24) is 4.98 Å². The number of anilines is 1. The molecule has 0 atom stereocenters. The molecule has 1 aromatic heterocycles. The molecule has 2 rings (SSSR count). The van der Waals surface area contributed by atoms with E-state index >= 15 is 0 Å². The number of carbonyl (C=O) groups is 1. The summed E-state index contributed by atoms with van der Waals surface area (Å²) in [7, 11) is -4.01. The van der Waals surface area contributed by atoms with Gasteiger partial charge in [0.15, 0.2) is 0 Å². The second kappa shape index (κ2) is 5.88. The summed E-state index contributed by atoms with van der Waals surface area (Å²) in [6, 6.07) is 5.32. The third kappa shape index (κ3) is 3.44. The molecule has 1 heterocycles. The topological polar surface area (TPSA) is 96.4 Å². The fourth-order valence-corrected chi connectivity index (χ4v) is 3.31. The highest BCUT2D eigenvalue weighted by Gasteiger charge is 2.20. The molecule has 0 saturated heterocycles. The second-order valence-electron chi connectivity index (χ2n) is 3.92. The van der Waals surface area contributed by atoms with Crippen LogP contribution in [0.2, 0.25) is 10.0 Å². The lowest BCUT2D eigenvalue weighted by Gasteiger charge is -2.10. The van der Waals surface area contributed by atoms with Crippen LogP contribution in [-0.2, 0) is 10.0 Å². The molecular weight excluding hydrogens is 339 g/mol. The van der Waals surface area contributed by atoms with Gasteiger partial charge in [-0.2, -0.15) is 0 Å². The van der Waals surface area contributed by atoms with E-state index in [2.05, 4.69) is 9.71 Å². The van der Waals surface area contributed by atoms with Crippen molar-refractivity contribution in [2.45, 2.75) is 4.90 Å². The molecular formula is C12H8Cl2N2O4S. The van der Waals surface area contributed by atoms with Crippen molar-refractivity contribution in [2.24, 2.45) is 0 Å². The average molecular weight is 347 g/mol. The van der Waals surface area contributed by atoms with Crippen LogP contribution < -0.4 is 4.72 Å². The summed E-state index contributed by atoms with van der Waals surface area (Å²) in [5.74, 6) is -1.22. The van der Waals surface area contributed by atoms with E-state index in [0.717, 1.165) is 12.3 Å². The van der Waals surface area contributed by atoms with Gasteiger partial charge in [0.1, 0.15) is 4.90 Å². The normalized spacial score (nSPS) is 11.1. The largest absolute Gasteiger partial charge is 0.478 e. The number of carboxylic acids is 1. The summed E-state index contributed by atoms with van der Waals surface area (Å²) in [5.41, 5.74) is -0.140. The highest BCUT2D eigenvalue weighted by Crippen LogP contribution is 2.30. The van der Waals surface area contributed by atoms with Gasteiger partial charge < -0.3 is 5.11 Å². The van der Waals surface area contributed by atoms with Gasteiger partial charge in [-0.05, 0) is 18.2 Å². The first-order valence-electron chi connectivity index (χ1n) is 5.46. The van der Waals surface area contributed by atoms with Gasteiger partial charge in [-0.15, -0.1) is 0 Å². The first-order valence-corrected chi connectivity index (χ1v) is 7.70. The molecule has 0 aliphatic heterocycles. The first kappa shape index (κ1) is 15.6. The number of aromatic carboxylic acids is 1. The maximum absolute atomic E-state index is 12.2. The zero-order valence-electron chi connectivity index (χ0n) is 10.2. The van der Waals surface area contributed by atoms with Gasteiger partial charge in [0.05, 0.1) is 27.5 Å². The van der Waals surface area contributed by atoms with E-state index in [4.69, 9.17) is 28.3 Å². The van der Waals surface area contributed by atoms with E-state index in [0.29, 0.717) is 0 Å². The molecule has 0 spiro atoms. The quantitative estimate of drug-likeness (QED) is 0.887. The second-order valence-corrected chi connectivity index (χ2v) is 6.36. The van der Waals surface area contributed by atoms with E-state index in [-0.39, 0.29) is 26.2 Å². The summed E-state index contributed by atoms with van der Waals surface area (Å²) in [6.45, 7) is 0. The Kier molecular flexibility index (Phi) is 4.36. The number of pyridine rings is 1. The first-order chi connectivity index (χ1) is 9.81. The van der Waals surface area contributed by atoms with Crippen molar-refractivity contribution < 1.29 is 18.3 Å². The lowest BCUT2D eigenvalue weighted by atomic mass is 10.3. The standard InChI is InChI=1S/C12H8Cl2N2O4S/c13-9-2-1-3-10(11(9)14)21(19,20)16-8-4-7(12(17)18)5-15-6-8/h1-6,16H,(H,17,18). The predicted octanol–water partition coefficient (Wildman–Crippen LogP) is 2.89. The van der Waals surface area contributed by atoms with Crippen molar-refractivity contribution in [3.05, 3.63) is 52.3 Å². The maximum atomic E-state index is 12.2. The van der Waals surface area contributed by atoms with Crippen molar-refractivity contribution in [2.75, 3.05) is 4.72 Å². The van der Waals surface area contributed by atoms with Crippen LogP contribution in [0.15, 0.2) is 41.6 Å². The Balaban J connectivity index is 2.40. The predicted molar refractivity (Wildman–Crippen MR) is 78.5 cm³/mol. The van der Waals surface area contributed by atoms with Crippen LogP contribution in [0.25, 0.3) is 0 Å². The number of carboxylic acid groups (broad SMARTS) is 1. The number of aromatic nitrogens is 1. The van der Waals surface area contributed by atoms with Gasteiger partial charge in [0.25, 0.3) is 10.0 Å². The van der Waals surface area contributed by atoms with E-state index in [9.17, 15) is 13.2 Å². The molecule has 0 bridgehead atoms. The Labute approximate surface area is 130 Å². The van der Waals surface area contributed by atoms with Crippen LogP contribution in [0, 0.1) is 0 Å². The smallest absolute Gasteiger partial charge is 0.337 e. The number of benzene rings is 1. The van der Waals surface area contributed by atoms with Crippen LogP contribution >= 0.6 is 23.2 Å². The molecule has 0 fully saturated rings. The van der Waals surface area contributed by atoms with Crippen molar-refractivity contribution >= 4 is 44.9 Å². The minimum atomic E-state index is -4.01. The molecule has 2 aromatic rings. The Morgan fingerprint density at radius 3 is 2.62 bits per heavy atom. The molecule has 21 heavy (non-hydrogen) atoms. The highest BCUT2D eigenvalue weighted by atomic mass is 35.5. The number of hydrogen-bond donors (Lipinski definition) is 2. The molecule has 0 unspecified atom stereocenters. The molecule has 0 amide bonds. The van der Waals surface area contributed by atoms with E-state index in [1.807, 2.05) is 0 Å². The van der Waals surface area contributed by atoms with Crippen molar-refractivity contribution in [1.29, 1.82) is 0 Å². The number of hydrogen-bond acceptors (Lipinski definition) is 4. The average Bonchev–Trinajstić information content (AvgIpc) is 2.41. The lowest BCUT2D eigenvalue weighted by molar-refractivity contribution is 0.0696. The summed E-state index contributed by atoms with van der Waals surface area (Å²) < 4.78 is 26.7. The van der Waals surface area contributed by atoms with Gasteiger partial charge in [0.2, 0.25) is 0 Å². The molecule has 0 saturated carbocycles. The maximum Gasteiger partial charge on any atom is 0.337 e. The molecule has 0 aliphatic rings. The number of sulfonamides is 1. The third-order valence-electron chi connectivity index (χ3n) is 2.44. The number of rotatable bonds is 4. The van der Waals surface area contributed by atoms with E-state index in [1.165, 1.54) is 24.4 Å². The van der Waals surface area contributed by atoms with Gasteiger partial charge >= 0.3 is 5.97 Å². The summed E-state index contributed by atoms with van der Waals surface area (Å²) >= 11 is 11.6. The Morgan fingerprint density at radius 1 is 1.24 bits per heavy atom. The van der Waals surface area contributed by atoms with E-state index in [1.54, 1.807) is 0 Å². The summed E-state index contributed by atoms with van der Waals surface area (Å²) in [6.07, 6.45) is 2.29. The molecule has 9 heteroatoms. The number of nitrogens with one attached hydrogen (secondary N) is 1. The SMILES string of the molecule is O=C(O)c1cncc(NS(=O)(=O)c2cccc(Cl)c2Cl)c1. The van der Waals surface area contributed by atoms with Crippen LogP contribution in [0.5, 0.6) is 0 Å². The zero-order valence-corrected chi connectivity index (χ0v) is 12.6. The van der Waals surface area contributed by atoms with Gasteiger partial charge in [-0.1, -0.05) is 29.3 Å². The lowest BCUT2D eigenvalue weighted by Crippen LogP contribution is -2.14. The Bertz CT molecular complexity index is 809. The monoisotopic (exact) mass is 346 g/mol. The van der Waals surface area contributed by atoms with Crippen molar-refractivity contribution in [3.63, 3.8) is 0 Å². The highest BCUT2D eigenvalue weighted by molar-refractivity contribution is 7.92. The van der Waals surface area contributed by atoms with Gasteiger partial charge in [0, 0.05) is 6.20 Å². The molecule has 2 N–H and O–H groups in total. The fraction of sp³-hybridized carbons (Fsp3) is 0. The minimum absolute atomic E-state index is 0.00550. The van der Waals surface area contributed by atoms with Crippen molar-refractivity contribution in [3.8, 4) is 0 Å². The molecule has 110 valence electrons. The molecule has 1 aromatic carbocycles. The Hall–Kier alpha value is -1.83. The number of halogens is 2. The van der Waals surface area contributed by atoms with Gasteiger partial charge in [-0.3, -0.25) is 9.71 Å². The summed E-state index contributed by atoms with van der Waals surface area (Å²) in [5, 5.41) is 8.83. The summed E-state index contributed by atoms with van der Waals surface area (Å²) in [4.78, 5) is 14.3. The minimum Gasteiger partial charge on any atom is -0.478 e. The van der Waals surface area contributed by atoms with Crippen LogP contribution in [-0.4, -0.2) is 24.5 Å². The fourth-order valence-electron chi connectivity index (χ4n) is 1.51. The molecule has 0 radical (unpaired) electrons. The third-order valence-corrected chi connectivity index (χ3v) is 4.80.